The lowest BCUT2D eigenvalue weighted by molar-refractivity contribution is 0.0708. The molecule has 1 aliphatic carbocycles. The molecule has 2 aliphatic rings. The summed E-state index contributed by atoms with van der Waals surface area (Å²) < 4.78 is 0. The molecule has 1 saturated heterocycles. The SMILES string of the molecule is CNc1cc(C(=O)N2CC3(C)CC2CC(C)(C)C3)ccn1. The Morgan fingerprint density at radius 1 is 1.38 bits per heavy atom. The second-order valence-electron chi connectivity index (χ2n) is 7.83. The zero-order valence-electron chi connectivity index (χ0n) is 13.4. The van der Waals surface area contributed by atoms with Crippen LogP contribution in [0.25, 0.3) is 0 Å². The Kier molecular flexibility index (Phi) is 3.23. The van der Waals surface area contributed by atoms with Crippen molar-refractivity contribution in [1.29, 1.82) is 0 Å². The van der Waals surface area contributed by atoms with Gasteiger partial charge in [0.1, 0.15) is 5.82 Å². The number of anilines is 1. The first kappa shape index (κ1) is 14.4. The second kappa shape index (κ2) is 4.72. The van der Waals surface area contributed by atoms with Crippen molar-refractivity contribution in [2.24, 2.45) is 10.8 Å². The van der Waals surface area contributed by atoms with Gasteiger partial charge in [-0.15, -0.1) is 0 Å². The molecule has 4 heteroatoms. The lowest BCUT2D eigenvalue weighted by atomic mass is 9.65. The van der Waals surface area contributed by atoms with Crippen molar-refractivity contribution < 1.29 is 4.79 Å². The summed E-state index contributed by atoms with van der Waals surface area (Å²) in [6.45, 7) is 7.88. The maximum atomic E-state index is 12.9. The van der Waals surface area contributed by atoms with E-state index in [0.717, 1.165) is 30.8 Å². The highest BCUT2D eigenvalue weighted by molar-refractivity contribution is 5.95. The van der Waals surface area contributed by atoms with Crippen LogP contribution in [-0.2, 0) is 0 Å². The molecule has 1 aliphatic heterocycles. The number of carbonyl (C=O) groups excluding carboxylic acids is 1. The Morgan fingerprint density at radius 3 is 2.86 bits per heavy atom. The zero-order valence-corrected chi connectivity index (χ0v) is 13.4. The molecule has 3 rings (SSSR count). The molecule has 0 radical (unpaired) electrons. The number of amides is 1. The second-order valence-corrected chi connectivity index (χ2v) is 7.83. The van der Waals surface area contributed by atoms with Crippen LogP contribution in [0.15, 0.2) is 18.3 Å². The molecular formula is C17H25N3O. The Labute approximate surface area is 126 Å². The molecule has 1 amide bonds. The summed E-state index contributed by atoms with van der Waals surface area (Å²) >= 11 is 0. The largest absolute Gasteiger partial charge is 0.373 e. The number of fused-ring (bicyclic) bond motifs is 2. The molecule has 2 bridgehead atoms. The van der Waals surface area contributed by atoms with E-state index >= 15 is 0 Å². The van der Waals surface area contributed by atoms with Gasteiger partial charge < -0.3 is 10.2 Å². The summed E-state index contributed by atoms with van der Waals surface area (Å²) in [6.07, 6.45) is 5.16. The van der Waals surface area contributed by atoms with Crippen LogP contribution in [0.4, 0.5) is 5.82 Å². The highest BCUT2D eigenvalue weighted by Gasteiger charge is 2.50. The normalized spacial score (nSPS) is 30.3. The van der Waals surface area contributed by atoms with Gasteiger partial charge in [-0.2, -0.15) is 0 Å². The van der Waals surface area contributed by atoms with E-state index < -0.39 is 0 Å². The van der Waals surface area contributed by atoms with Gasteiger partial charge in [0.15, 0.2) is 0 Å². The molecule has 2 heterocycles. The van der Waals surface area contributed by atoms with Gasteiger partial charge >= 0.3 is 0 Å². The molecule has 0 aromatic carbocycles. The number of hydrogen-bond acceptors (Lipinski definition) is 3. The third-order valence-corrected chi connectivity index (χ3v) is 4.94. The van der Waals surface area contributed by atoms with E-state index in [1.807, 2.05) is 19.2 Å². The van der Waals surface area contributed by atoms with Crippen LogP contribution in [-0.4, -0.2) is 35.4 Å². The van der Waals surface area contributed by atoms with E-state index in [1.165, 1.54) is 6.42 Å². The van der Waals surface area contributed by atoms with Crippen molar-refractivity contribution in [3.63, 3.8) is 0 Å². The smallest absolute Gasteiger partial charge is 0.254 e. The average molecular weight is 287 g/mol. The van der Waals surface area contributed by atoms with Crippen LogP contribution < -0.4 is 5.32 Å². The first-order valence-corrected chi connectivity index (χ1v) is 7.77. The molecule has 2 atom stereocenters. The summed E-state index contributed by atoms with van der Waals surface area (Å²) in [6, 6.07) is 4.05. The number of carbonyl (C=O) groups is 1. The minimum Gasteiger partial charge on any atom is -0.373 e. The van der Waals surface area contributed by atoms with Crippen molar-refractivity contribution >= 4 is 11.7 Å². The number of rotatable bonds is 2. The average Bonchev–Trinajstić information content (AvgIpc) is 2.67. The van der Waals surface area contributed by atoms with Crippen molar-refractivity contribution in [1.82, 2.24) is 9.88 Å². The summed E-state index contributed by atoms with van der Waals surface area (Å²) in [5.74, 6) is 0.898. The fraction of sp³-hybridized carbons (Fsp3) is 0.647. The van der Waals surface area contributed by atoms with Crippen LogP contribution in [0.2, 0.25) is 0 Å². The first-order valence-electron chi connectivity index (χ1n) is 7.77. The molecule has 21 heavy (non-hydrogen) atoms. The fourth-order valence-corrected chi connectivity index (χ4v) is 4.56. The minimum atomic E-state index is 0.153. The number of hydrogen-bond donors (Lipinski definition) is 1. The molecule has 1 saturated carbocycles. The monoisotopic (exact) mass is 287 g/mol. The molecular weight excluding hydrogens is 262 g/mol. The first-order chi connectivity index (χ1) is 9.82. The Bertz CT molecular complexity index is 569. The summed E-state index contributed by atoms with van der Waals surface area (Å²) in [4.78, 5) is 19.2. The standard InChI is InChI=1S/C17H25N3O/c1-16(2)8-13-9-17(3,10-16)11-20(13)15(21)12-5-6-19-14(7-12)18-4/h5-7,13H,8-11H2,1-4H3,(H,18,19). The molecule has 2 fully saturated rings. The maximum Gasteiger partial charge on any atom is 0.254 e. The molecule has 1 aromatic rings. The van der Waals surface area contributed by atoms with Crippen LogP contribution in [0.1, 0.15) is 50.4 Å². The Balaban J connectivity index is 1.86. The molecule has 0 spiro atoms. The van der Waals surface area contributed by atoms with E-state index in [-0.39, 0.29) is 11.3 Å². The highest BCUT2D eigenvalue weighted by atomic mass is 16.2. The number of aromatic nitrogens is 1. The van der Waals surface area contributed by atoms with Crippen molar-refractivity contribution in [2.75, 3.05) is 18.9 Å². The molecule has 1 N–H and O–H groups in total. The van der Waals surface area contributed by atoms with Crippen LogP contribution in [0, 0.1) is 10.8 Å². The number of nitrogens with one attached hydrogen (secondary N) is 1. The van der Waals surface area contributed by atoms with E-state index in [0.29, 0.717) is 11.5 Å². The summed E-state index contributed by atoms with van der Waals surface area (Å²) in [7, 11) is 1.82. The minimum absolute atomic E-state index is 0.153. The Morgan fingerprint density at radius 2 is 2.14 bits per heavy atom. The van der Waals surface area contributed by atoms with Gasteiger partial charge in [-0.05, 0) is 42.2 Å². The zero-order chi connectivity index (χ0) is 15.3. The van der Waals surface area contributed by atoms with E-state index in [1.54, 1.807) is 6.20 Å². The van der Waals surface area contributed by atoms with Crippen molar-refractivity contribution in [2.45, 2.75) is 46.1 Å². The van der Waals surface area contributed by atoms with Gasteiger partial charge in [0, 0.05) is 31.4 Å². The van der Waals surface area contributed by atoms with E-state index in [9.17, 15) is 4.79 Å². The lowest BCUT2D eigenvalue weighted by Gasteiger charge is -2.39. The van der Waals surface area contributed by atoms with Crippen LogP contribution >= 0.6 is 0 Å². The molecule has 4 nitrogen and oxygen atoms in total. The summed E-state index contributed by atoms with van der Waals surface area (Å²) in [5.41, 5.74) is 1.35. The summed E-state index contributed by atoms with van der Waals surface area (Å²) in [5, 5.41) is 3.00. The quantitative estimate of drug-likeness (QED) is 0.908. The third kappa shape index (κ3) is 2.63. The molecule has 1 aromatic heterocycles. The fourth-order valence-electron chi connectivity index (χ4n) is 4.56. The van der Waals surface area contributed by atoms with Crippen LogP contribution in [0.3, 0.4) is 0 Å². The predicted octanol–water partition coefficient (Wildman–Crippen LogP) is 3.16. The van der Waals surface area contributed by atoms with E-state index in [4.69, 9.17) is 0 Å². The maximum absolute atomic E-state index is 12.9. The Hall–Kier alpha value is -1.58. The number of nitrogens with zero attached hydrogens (tertiary/aromatic N) is 2. The lowest BCUT2D eigenvalue weighted by Crippen LogP contribution is -2.37. The highest BCUT2D eigenvalue weighted by Crippen LogP contribution is 2.52. The van der Waals surface area contributed by atoms with Gasteiger partial charge in [0.05, 0.1) is 0 Å². The molecule has 114 valence electrons. The third-order valence-electron chi connectivity index (χ3n) is 4.94. The topological polar surface area (TPSA) is 45.2 Å². The van der Waals surface area contributed by atoms with Crippen molar-refractivity contribution in [3.05, 3.63) is 23.9 Å². The van der Waals surface area contributed by atoms with Crippen molar-refractivity contribution in [3.8, 4) is 0 Å². The van der Waals surface area contributed by atoms with Crippen LogP contribution in [0.5, 0.6) is 0 Å². The number of likely N-dealkylation sites (tertiary alicyclic amines) is 1. The van der Waals surface area contributed by atoms with E-state index in [2.05, 4.69) is 36.0 Å². The van der Waals surface area contributed by atoms with Gasteiger partial charge in [0.25, 0.3) is 5.91 Å². The van der Waals surface area contributed by atoms with Gasteiger partial charge in [-0.3, -0.25) is 4.79 Å². The van der Waals surface area contributed by atoms with Gasteiger partial charge in [-0.25, -0.2) is 4.98 Å². The van der Waals surface area contributed by atoms with Gasteiger partial charge in [0.2, 0.25) is 0 Å². The van der Waals surface area contributed by atoms with Gasteiger partial charge in [-0.1, -0.05) is 20.8 Å². The number of pyridine rings is 1. The molecule has 2 unspecified atom stereocenters. The predicted molar refractivity (Wildman–Crippen MR) is 84.3 cm³/mol.